The number of aliphatic hydroxyl groups excluding tert-OH is 1. The number of nitrogens with one attached hydrogen (secondary N) is 1. The lowest BCUT2D eigenvalue weighted by Crippen LogP contribution is -2.26. The first-order valence-electron chi connectivity index (χ1n) is 9.17. The molecule has 2 aromatic carbocycles. The minimum atomic E-state index is -4.79. The third-order valence-electron chi connectivity index (χ3n) is 4.74. The van der Waals surface area contributed by atoms with Gasteiger partial charge in [-0.25, -0.2) is 0 Å². The molecule has 5 nitrogen and oxygen atoms in total. The van der Waals surface area contributed by atoms with E-state index in [0.717, 1.165) is 5.56 Å². The minimum absolute atomic E-state index is 0.0122. The maximum atomic E-state index is 12.4. The lowest BCUT2D eigenvalue weighted by molar-refractivity contribution is -0.274. The smallest absolute Gasteiger partial charge is 0.492 e. The van der Waals surface area contributed by atoms with Crippen molar-refractivity contribution in [3.8, 4) is 22.6 Å². The summed E-state index contributed by atoms with van der Waals surface area (Å²) in [7, 11) is 16.2. The molecule has 3 rings (SSSR count). The first-order chi connectivity index (χ1) is 14.6. The highest BCUT2D eigenvalue weighted by Crippen LogP contribution is 2.41. The molecule has 0 saturated carbocycles. The van der Waals surface area contributed by atoms with E-state index in [4.69, 9.17) is 28.3 Å². The van der Waals surface area contributed by atoms with Gasteiger partial charge in [-0.2, -0.15) is 5.37 Å². The van der Waals surface area contributed by atoms with E-state index < -0.39 is 12.3 Å². The second-order valence-corrected chi connectivity index (χ2v) is 6.75. The molecule has 6 radical (unpaired) electrons. The molecule has 11 heteroatoms. The van der Waals surface area contributed by atoms with Crippen molar-refractivity contribution in [2.45, 2.75) is 25.9 Å². The number of carbonyl (C=O) groups is 1. The van der Waals surface area contributed by atoms with Gasteiger partial charge in [0.15, 0.2) is 0 Å². The Bertz CT molecular complexity index is 1020. The molecule has 1 aliphatic rings. The number of carbonyl (C=O) groups excluding carboxylic acids is 1. The second-order valence-electron chi connectivity index (χ2n) is 6.75. The number of fused-ring (bicyclic) bond motifs is 1. The van der Waals surface area contributed by atoms with Gasteiger partial charge in [-0.05, 0) is 34.9 Å². The number of ether oxygens (including phenoxy) is 2. The number of benzene rings is 2. The molecule has 1 heterocycles. The fraction of sp³-hybridized carbons (Fsp3) is 0.250. The van der Waals surface area contributed by atoms with Crippen LogP contribution in [0.15, 0.2) is 41.2 Å². The summed E-state index contributed by atoms with van der Waals surface area (Å²) in [5, 5.41) is 12.2. The van der Waals surface area contributed by atoms with Gasteiger partial charge in [-0.1, -0.05) is 17.6 Å². The predicted octanol–water partition coefficient (Wildman–Crippen LogP) is 1.97. The van der Waals surface area contributed by atoms with E-state index in [0.29, 0.717) is 41.0 Å². The second kappa shape index (κ2) is 9.14. The van der Waals surface area contributed by atoms with Crippen molar-refractivity contribution in [2.75, 3.05) is 6.61 Å². The van der Waals surface area contributed by atoms with Gasteiger partial charge in [0, 0.05) is 24.1 Å². The highest BCUT2D eigenvalue weighted by molar-refractivity contribution is 6.55. The van der Waals surface area contributed by atoms with E-state index in [1.165, 1.54) is 24.3 Å². The lowest BCUT2D eigenvalue weighted by atomic mass is 9.69. The van der Waals surface area contributed by atoms with Gasteiger partial charge in [0.1, 0.15) is 19.3 Å². The molecule has 0 spiro atoms. The zero-order valence-corrected chi connectivity index (χ0v) is 16.3. The van der Waals surface area contributed by atoms with Crippen LogP contribution in [0.4, 0.5) is 13.2 Å². The standard InChI is InChI=1S/C20H15B3F3NO4/c21-16(18(22)23)19(29)27-8-11-7-14(17-13(5-6-30-17)15(11)9-28)10-1-3-12(4-2-10)31-20(24,25)26/h1-4,7,28H,5-6,8-9H2,(H,27,29). The molecule has 2 N–H and O–H groups in total. The zero-order valence-electron chi connectivity index (χ0n) is 16.3. The molecule has 1 aliphatic heterocycles. The van der Waals surface area contributed by atoms with Gasteiger partial charge in [0.05, 0.1) is 28.9 Å². The van der Waals surface area contributed by atoms with Crippen molar-refractivity contribution in [3.05, 3.63) is 57.9 Å². The maximum Gasteiger partial charge on any atom is 0.573 e. The van der Waals surface area contributed by atoms with Crippen LogP contribution in [0.1, 0.15) is 16.7 Å². The van der Waals surface area contributed by atoms with Crippen LogP contribution in [0.3, 0.4) is 0 Å². The Labute approximate surface area is 180 Å². The first-order valence-corrected chi connectivity index (χ1v) is 9.17. The number of rotatable bonds is 6. The van der Waals surface area contributed by atoms with E-state index in [-0.39, 0.29) is 29.7 Å². The topological polar surface area (TPSA) is 67.8 Å². The van der Waals surface area contributed by atoms with Gasteiger partial charge >= 0.3 is 6.36 Å². The van der Waals surface area contributed by atoms with Crippen molar-refractivity contribution >= 4 is 29.4 Å². The molecule has 31 heavy (non-hydrogen) atoms. The largest absolute Gasteiger partial charge is 0.573 e. The van der Waals surface area contributed by atoms with Crippen molar-refractivity contribution in [1.82, 2.24) is 5.32 Å². The molecule has 1 amide bonds. The average molecular weight is 423 g/mol. The van der Waals surface area contributed by atoms with Crippen LogP contribution in [0.5, 0.6) is 11.5 Å². The van der Waals surface area contributed by atoms with E-state index in [2.05, 4.69) is 10.1 Å². The third kappa shape index (κ3) is 5.28. The average Bonchev–Trinajstić information content (AvgIpc) is 3.19. The number of aliphatic hydroxyl groups is 1. The summed E-state index contributed by atoms with van der Waals surface area (Å²) in [4.78, 5) is 12.1. The molecular weight excluding hydrogens is 408 g/mol. The molecule has 0 unspecified atom stereocenters. The quantitative estimate of drug-likeness (QED) is 0.552. The highest BCUT2D eigenvalue weighted by Gasteiger charge is 2.31. The van der Waals surface area contributed by atoms with Crippen LogP contribution in [0, 0.1) is 0 Å². The lowest BCUT2D eigenvalue weighted by Gasteiger charge is -2.17. The Morgan fingerprint density at radius 3 is 2.45 bits per heavy atom. The fourth-order valence-electron chi connectivity index (χ4n) is 3.31. The fourth-order valence-corrected chi connectivity index (χ4v) is 3.31. The van der Waals surface area contributed by atoms with Crippen molar-refractivity contribution in [3.63, 3.8) is 0 Å². The summed E-state index contributed by atoms with van der Waals surface area (Å²) >= 11 is 0. The third-order valence-corrected chi connectivity index (χ3v) is 4.74. The summed E-state index contributed by atoms with van der Waals surface area (Å²) in [6, 6.07) is 7.02. The normalized spacial score (nSPS) is 12.6. The Hall–Kier alpha value is -2.81. The summed E-state index contributed by atoms with van der Waals surface area (Å²) in [6.07, 6.45) is -4.25. The maximum absolute atomic E-state index is 12.4. The molecule has 0 fully saturated rings. The SMILES string of the molecule is [B]C([B])=C([B])C(=O)NCc1cc(-c2ccc(OC(F)(F)F)cc2)c2c(c1CO)CCO2. The molecule has 0 aliphatic carbocycles. The van der Waals surface area contributed by atoms with Crippen molar-refractivity contribution in [2.24, 2.45) is 0 Å². The minimum Gasteiger partial charge on any atom is -0.492 e. The monoisotopic (exact) mass is 423 g/mol. The molecule has 0 atom stereocenters. The van der Waals surface area contributed by atoms with E-state index in [1.54, 1.807) is 6.07 Å². The van der Waals surface area contributed by atoms with Crippen LogP contribution in [0.25, 0.3) is 11.1 Å². The number of hydrogen-bond donors (Lipinski definition) is 2. The molecule has 2 aromatic rings. The number of alkyl halides is 3. The first kappa shape index (κ1) is 22.9. The van der Waals surface area contributed by atoms with E-state index >= 15 is 0 Å². The summed E-state index contributed by atoms with van der Waals surface area (Å²) < 4.78 is 46.8. The van der Waals surface area contributed by atoms with Gasteiger partial charge < -0.3 is 19.9 Å². The number of hydrogen-bond acceptors (Lipinski definition) is 4. The number of amides is 1. The molecular formula is C20H15B3F3NO4. The van der Waals surface area contributed by atoms with Gasteiger partial charge in [0.25, 0.3) is 0 Å². The Balaban J connectivity index is 1.96. The van der Waals surface area contributed by atoms with Crippen LogP contribution in [0.2, 0.25) is 0 Å². The Morgan fingerprint density at radius 1 is 1.19 bits per heavy atom. The van der Waals surface area contributed by atoms with Gasteiger partial charge in [0.2, 0.25) is 5.91 Å². The summed E-state index contributed by atoms with van der Waals surface area (Å²) in [5.74, 6) is -0.486. The summed E-state index contributed by atoms with van der Waals surface area (Å²) in [6.45, 7) is 0.109. The molecule has 0 saturated heterocycles. The molecule has 0 bridgehead atoms. The van der Waals surface area contributed by atoms with Crippen LogP contribution in [-0.4, -0.2) is 47.5 Å². The predicted molar refractivity (Wildman–Crippen MR) is 110 cm³/mol. The Morgan fingerprint density at radius 2 is 1.87 bits per heavy atom. The Kier molecular flexibility index (Phi) is 6.74. The molecule has 154 valence electrons. The van der Waals surface area contributed by atoms with Crippen LogP contribution < -0.4 is 14.8 Å². The van der Waals surface area contributed by atoms with Crippen LogP contribution in [-0.2, 0) is 24.4 Å². The van der Waals surface area contributed by atoms with E-state index in [1.807, 2.05) is 0 Å². The van der Waals surface area contributed by atoms with Crippen LogP contribution >= 0.6 is 0 Å². The number of halogens is 3. The highest BCUT2D eigenvalue weighted by atomic mass is 19.4. The van der Waals surface area contributed by atoms with E-state index in [9.17, 15) is 23.1 Å². The molecule has 0 aromatic heterocycles. The summed E-state index contributed by atoms with van der Waals surface area (Å²) in [5.41, 5.74) is 2.81. The van der Waals surface area contributed by atoms with Gasteiger partial charge in [-0.3, -0.25) is 4.79 Å². The van der Waals surface area contributed by atoms with Gasteiger partial charge in [-0.15, -0.1) is 13.2 Å². The van der Waals surface area contributed by atoms with Crippen molar-refractivity contribution in [1.29, 1.82) is 0 Å². The zero-order chi connectivity index (χ0) is 22.8. The van der Waals surface area contributed by atoms with Crippen molar-refractivity contribution < 1.29 is 32.5 Å².